The molecular formula is C13H11ClN2. The highest BCUT2D eigenvalue weighted by Crippen LogP contribution is 2.35. The van der Waals surface area contributed by atoms with Gasteiger partial charge in [0.05, 0.1) is 6.04 Å². The van der Waals surface area contributed by atoms with Crippen molar-refractivity contribution >= 4 is 17.3 Å². The van der Waals surface area contributed by atoms with Crippen LogP contribution in [0.25, 0.3) is 0 Å². The van der Waals surface area contributed by atoms with Crippen LogP contribution >= 0.6 is 11.6 Å². The Morgan fingerprint density at radius 1 is 1.31 bits per heavy atom. The van der Waals surface area contributed by atoms with Crippen LogP contribution in [0.3, 0.4) is 0 Å². The largest absolute Gasteiger partial charge is 0.378 e. The Balaban J connectivity index is 1.91. The van der Waals surface area contributed by atoms with E-state index in [0.29, 0.717) is 6.04 Å². The lowest BCUT2D eigenvalue weighted by Gasteiger charge is -2.10. The number of pyridine rings is 1. The third-order valence-electron chi connectivity index (χ3n) is 2.91. The van der Waals surface area contributed by atoms with Crippen molar-refractivity contribution in [2.75, 3.05) is 5.32 Å². The number of fused-ring (bicyclic) bond motifs is 1. The van der Waals surface area contributed by atoms with Crippen LogP contribution in [0.4, 0.5) is 5.69 Å². The second-order valence-corrected chi connectivity index (χ2v) is 4.43. The van der Waals surface area contributed by atoms with E-state index in [-0.39, 0.29) is 0 Å². The predicted octanol–water partition coefficient (Wildman–Crippen LogP) is 3.44. The van der Waals surface area contributed by atoms with E-state index in [1.54, 1.807) is 6.20 Å². The van der Waals surface area contributed by atoms with Gasteiger partial charge in [0.15, 0.2) is 0 Å². The number of nitrogens with one attached hydrogen (secondary N) is 1. The fourth-order valence-electron chi connectivity index (χ4n) is 2.11. The quantitative estimate of drug-likeness (QED) is 0.812. The van der Waals surface area contributed by atoms with Crippen molar-refractivity contribution in [3.8, 4) is 0 Å². The molecule has 0 saturated heterocycles. The lowest BCUT2D eigenvalue weighted by Crippen LogP contribution is -2.05. The molecule has 1 unspecified atom stereocenters. The monoisotopic (exact) mass is 230 g/mol. The first-order valence-corrected chi connectivity index (χ1v) is 5.65. The number of halogens is 1. The number of aromatic nitrogens is 1. The van der Waals surface area contributed by atoms with Crippen LogP contribution in [0.5, 0.6) is 0 Å². The van der Waals surface area contributed by atoms with Gasteiger partial charge in [-0.1, -0.05) is 17.7 Å². The summed E-state index contributed by atoms with van der Waals surface area (Å²) in [4.78, 5) is 4.14. The molecule has 80 valence electrons. The number of anilines is 1. The minimum atomic E-state index is 0.321. The normalized spacial score (nSPS) is 17.9. The Morgan fingerprint density at radius 3 is 3.06 bits per heavy atom. The van der Waals surface area contributed by atoms with Gasteiger partial charge < -0.3 is 5.32 Å². The molecule has 0 fully saturated rings. The zero-order valence-corrected chi connectivity index (χ0v) is 9.41. The van der Waals surface area contributed by atoms with E-state index in [2.05, 4.69) is 16.4 Å². The molecule has 0 aliphatic carbocycles. The van der Waals surface area contributed by atoms with Gasteiger partial charge in [0.2, 0.25) is 0 Å². The van der Waals surface area contributed by atoms with Crippen molar-refractivity contribution in [3.63, 3.8) is 0 Å². The standard InChI is InChI=1S/C13H11ClN2/c14-11-3-4-12-10(6-11)7-13(16-12)9-2-1-5-15-8-9/h1-6,8,13,16H,7H2. The molecule has 3 rings (SSSR count). The molecule has 0 radical (unpaired) electrons. The van der Waals surface area contributed by atoms with Crippen LogP contribution in [0.15, 0.2) is 42.7 Å². The zero-order valence-electron chi connectivity index (χ0n) is 8.65. The van der Waals surface area contributed by atoms with Crippen LogP contribution in [-0.4, -0.2) is 4.98 Å². The van der Waals surface area contributed by atoms with Crippen molar-refractivity contribution in [3.05, 3.63) is 58.9 Å². The van der Waals surface area contributed by atoms with Gasteiger partial charge in [-0.05, 0) is 41.8 Å². The van der Waals surface area contributed by atoms with E-state index in [4.69, 9.17) is 11.6 Å². The van der Waals surface area contributed by atoms with E-state index in [9.17, 15) is 0 Å². The third-order valence-corrected chi connectivity index (χ3v) is 3.14. The fraction of sp³-hybridized carbons (Fsp3) is 0.154. The molecule has 3 heteroatoms. The summed E-state index contributed by atoms with van der Waals surface area (Å²) in [5.74, 6) is 0. The van der Waals surface area contributed by atoms with E-state index in [1.807, 2.05) is 30.5 Å². The summed E-state index contributed by atoms with van der Waals surface area (Å²) >= 11 is 5.98. The topological polar surface area (TPSA) is 24.9 Å². The second-order valence-electron chi connectivity index (χ2n) is 3.99. The SMILES string of the molecule is Clc1ccc2c(c1)CC(c1cccnc1)N2. The van der Waals surface area contributed by atoms with Crippen LogP contribution in [0.1, 0.15) is 17.2 Å². The van der Waals surface area contributed by atoms with Crippen molar-refractivity contribution < 1.29 is 0 Å². The molecular weight excluding hydrogens is 220 g/mol. The second kappa shape index (κ2) is 3.80. The van der Waals surface area contributed by atoms with Crippen LogP contribution in [0, 0.1) is 0 Å². The summed E-state index contributed by atoms with van der Waals surface area (Å²) in [5.41, 5.74) is 3.68. The predicted molar refractivity (Wildman–Crippen MR) is 65.8 cm³/mol. The van der Waals surface area contributed by atoms with Gasteiger partial charge in [-0.2, -0.15) is 0 Å². The lowest BCUT2D eigenvalue weighted by atomic mass is 10.1. The van der Waals surface area contributed by atoms with Crippen LogP contribution in [-0.2, 0) is 6.42 Å². The minimum Gasteiger partial charge on any atom is -0.378 e. The van der Waals surface area contributed by atoms with E-state index < -0.39 is 0 Å². The number of rotatable bonds is 1. The Morgan fingerprint density at radius 2 is 2.25 bits per heavy atom. The summed E-state index contributed by atoms with van der Waals surface area (Å²) < 4.78 is 0. The molecule has 0 amide bonds. The van der Waals surface area contributed by atoms with Crippen molar-refractivity contribution in [1.29, 1.82) is 0 Å². The van der Waals surface area contributed by atoms with Crippen LogP contribution in [0.2, 0.25) is 5.02 Å². The van der Waals surface area contributed by atoms with Crippen LogP contribution < -0.4 is 5.32 Å². The van der Waals surface area contributed by atoms with Gasteiger partial charge in [0.25, 0.3) is 0 Å². The molecule has 0 spiro atoms. The van der Waals surface area contributed by atoms with Gasteiger partial charge in [-0.3, -0.25) is 4.98 Å². The molecule has 2 aromatic rings. The molecule has 1 aliphatic rings. The molecule has 0 saturated carbocycles. The molecule has 1 atom stereocenters. The maximum absolute atomic E-state index is 5.98. The molecule has 1 aromatic carbocycles. The van der Waals surface area contributed by atoms with Gasteiger partial charge in [-0.15, -0.1) is 0 Å². The Kier molecular flexibility index (Phi) is 2.29. The van der Waals surface area contributed by atoms with Crippen molar-refractivity contribution in [2.45, 2.75) is 12.5 Å². The van der Waals surface area contributed by atoms with E-state index in [1.165, 1.54) is 16.8 Å². The highest BCUT2D eigenvalue weighted by Gasteiger charge is 2.21. The molecule has 0 bridgehead atoms. The number of hydrogen-bond donors (Lipinski definition) is 1. The average Bonchev–Trinajstić information content (AvgIpc) is 2.73. The smallest absolute Gasteiger partial charge is 0.0570 e. The molecule has 2 nitrogen and oxygen atoms in total. The highest BCUT2D eigenvalue weighted by molar-refractivity contribution is 6.30. The fourth-order valence-corrected chi connectivity index (χ4v) is 2.31. The first-order chi connectivity index (χ1) is 7.83. The first kappa shape index (κ1) is 9.67. The number of benzene rings is 1. The number of hydrogen-bond acceptors (Lipinski definition) is 2. The third kappa shape index (κ3) is 1.65. The maximum atomic E-state index is 5.98. The summed E-state index contributed by atoms with van der Waals surface area (Å²) in [6, 6.07) is 10.4. The Hall–Kier alpha value is -1.54. The molecule has 1 aliphatic heterocycles. The van der Waals surface area contributed by atoms with Gasteiger partial charge >= 0.3 is 0 Å². The lowest BCUT2D eigenvalue weighted by molar-refractivity contribution is 0.818. The minimum absolute atomic E-state index is 0.321. The van der Waals surface area contributed by atoms with E-state index in [0.717, 1.165) is 11.4 Å². The summed E-state index contributed by atoms with van der Waals surface area (Å²) in [5, 5.41) is 4.28. The van der Waals surface area contributed by atoms with Crippen molar-refractivity contribution in [2.24, 2.45) is 0 Å². The van der Waals surface area contributed by atoms with E-state index >= 15 is 0 Å². The van der Waals surface area contributed by atoms with Gasteiger partial charge in [0.1, 0.15) is 0 Å². The van der Waals surface area contributed by atoms with Gasteiger partial charge in [-0.25, -0.2) is 0 Å². The average molecular weight is 231 g/mol. The Labute approximate surface area is 99.3 Å². The number of nitrogens with zero attached hydrogens (tertiary/aromatic N) is 1. The molecule has 1 N–H and O–H groups in total. The molecule has 16 heavy (non-hydrogen) atoms. The van der Waals surface area contributed by atoms with Gasteiger partial charge in [0, 0.05) is 23.1 Å². The highest BCUT2D eigenvalue weighted by atomic mass is 35.5. The summed E-state index contributed by atoms with van der Waals surface area (Å²) in [7, 11) is 0. The molecule has 2 heterocycles. The summed E-state index contributed by atoms with van der Waals surface area (Å²) in [6.07, 6.45) is 4.68. The van der Waals surface area contributed by atoms with Crippen molar-refractivity contribution in [1.82, 2.24) is 4.98 Å². The maximum Gasteiger partial charge on any atom is 0.0570 e. The molecule has 1 aromatic heterocycles. The zero-order chi connectivity index (χ0) is 11.0. The summed E-state index contributed by atoms with van der Waals surface area (Å²) in [6.45, 7) is 0. The first-order valence-electron chi connectivity index (χ1n) is 5.28. The Bertz CT molecular complexity index is 511.